The molecule has 7 aliphatic heterocycles. The second-order valence-electron chi connectivity index (χ2n) is 17.2. The zero-order chi connectivity index (χ0) is 33.6. The number of nitrogens with zero attached hydrogens (tertiary/aromatic N) is 4. The lowest BCUT2D eigenvalue weighted by molar-refractivity contribution is -0.937. The molecule has 6 fully saturated rings. The summed E-state index contributed by atoms with van der Waals surface area (Å²) in [6.45, 7) is 15.0. The van der Waals surface area contributed by atoms with Crippen LogP contribution < -0.4 is 9.80 Å². The summed E-state index contributed by atoms with van der Waals surface area (Å²) >= 11 is 0. The van der Waals surface area contributed by atoms with Crippen LogP contribution in [0.3, 0.4) is 0 Å². The number of para-hydroxylation sites is 2. The number of aliphatic hydroxyl groups excluding tert-OH is 2. The molecule has 6 heteroatoms. The maximum absolute atomic E-state index is 10.5. The molecule has 4 saturated heterocycles. The molecule has 7 heterocycles. The van der Waals surface area contributed by atoms with Gasteiger partial charge in [-0.2, -0.15) is 0 Å². The monoisotopic (exact) mass is 666 g/mol. The Bertz CT molecular complexity index is 1850. The predicted molar refractivity (Wildman–Crippen MR) is 198 cm³/mol. The van der Waals surface area contributed by atoms with E-state index in [2.05, 4.69) is 108 Å². The summed E-state index contributed by atoms with van der Waals surface area (Å²) in [6, 6.07) is 20.3. The van der Waals surface area contributed by atoms with Crippen molar-refractivity contribution < 1.29 is 19.2 Å². The van der Waals surface area contributed by atoms with Gasteiger partial charge in [-0.3, -0.25) is 0 Å². The molecule has 0 amide bonds. The number of anilines is 2. The van der Waals surface area contributed by atoms with Gasteiger partial charge >= 0.3 is 0 Å². The maximum atomic E-state index is 10.5. The number of benzene rings is 2. The molecular formula is C44H50N4O2+2. The molecule has 0 aromatic heterocycles. The minimum absolute atomic E-state index is 0.0183. The van der Waals surface area contributed by atoms with Gasteiger partial charge in [-0.15, -0.1) is 0 Å². The highest BCUT2D eigenvalue weighted by Gasteiger charge is 2.75. The van der Waals surface area contributed by atoms with Crippen LogP contribution in [0.5, 0.6) is 0 Å². The van der Waals surface area contributed by atoms with Crippen molar-refractivity contribution in [1.29, 1.82) is 0 Å². The minimum Gasteiger partial charge on any atom is -0.392 e. The molecule has 2 aliphatic carbocycles. The summed E-state index contributed by atoms with van der Waals surface area (Å²) in [6.07, 6.45) is 18.6. The van der Waals surface area contributed by atoms with Gasteiger partial charge in [0.15, 0.2) is 0 Å². The van der Waals surface area contributed by atoms with Gasteiger partial charge in [0, 0.05) is 61.3 Å². The third-order valence-corrected chi connectivity index (χ3v) is 15.9. The first-order valence-corrected chi connectivity index (χ1v) is 19.2. The van der Waals surface area contributed by atoms with Crippen molar-refractivity contribution in [2.24, 2.45) is 11.8 Å². The van der Waals surface area contributed by atoms with E-state index in [1.807, 2.05) is 0 Å². The maximum Gasteiger partial charge on any atom is 0.103 e. The number of hydrogen-bond acceptors (Lipinski definition) is 4. The van der Waals surface area contributed by atoms with Crippen LogP contribution in [0.2, 0.25) is 0 Å². The quantitative estimate of drug-likeness (QED) is 0.317. The van der Waals surface area contributed by atoms with E-state index in [9.17, 15) is 10.2 Å². The first-order chi connectivity index (χ1) is 24.5. The zero-order valence-corrected chi connectivity index (χ0v) is 29.1. The molecule has 2 N–H and O–H groups in total. The molecule has 50 heavy (non-hydrogen) atoms. The van der Waals surface area contributed by atoms with Crippen LogP contribution in [-0.4, -0.2) is 95.8 Å². The second kappa shape index (κ2) is 10.0. The predicted octanol–water partition coefficient (Wildman–Crippen LogP) is 5.48. The second-order valence-corrected chi connectivity index (χ2v) is 17.2. The van der Waals surface area contributed by atoms with Gasteiger partial charge in [0.1, 0.15) is 25.2 Å². The average molecular weight is 667 g/mol. The average Bonchev–Trinajstić information content (AvgIpc) is 3.81. The first kappa shape index (κ1) is 30.0. The van der Waals surface area contributed by atoms with Crippen LogP contribution in [0.1, 0.15) is 36.8 Å². The topological polar surface area (TPSA) is 46.9 Å². The van der Waals surface area contributed by atoms with Gasteiger partial charge in [0.25, 0.3) is 0 Å². The molecule has 6 nitrogen and oxygen atoms in total. The van der Waals surface area contributed by atoms with E-state index in [0.29, 0.717) is 23.9 Å². The Morgan fingerprint density at radius 2 is 1.12 bits per heavy atom. The Hall–Kier alpha value is -3.68. The van der Waals surface area contributed by atoms with Crippen LogP contribution >= 0.6 is 0 Å². The molecule has 11 rings (SSSR count). The van der Waals surface area contributed by atoms with Crippen molar-refractivity contribution in [3.63, 3.8) is 0 Å². The lowest BCUT2D eigenvalue weighted by Crippen LogP contribution is -2.69. The van der Waals surface area contributed by atoms with E-state index in [0.717, 1.165) is 73.9 Å². The van der Waals surface area contributed by atoms with Crippen molar-refractivity contribution in [3.8, 4) is 0 Å². The molecule has 256 valence electrons. The Kier molecular flexibility index (Phi) is 6.00. The minimum atomic E-state index is 0.0183. The van der Waals surface area contributed by atoms with Gasteiger partial charge < -0.3 is 29.0 Å². The third-order valence-electron chi connectivity index (χ3n) is 15.9. The van der Waals surface area contributed by atoms with Crippen molar-refractivity contribution in [3.05, 3.63) is 132 Å². The molecule has 9 aliphatic rings. The first-order valence-electron chi connectivity index (χ1n) is 19.2. The molecule has 10 atom stereocenters. The summed E-state index contributed by atoms with van der Waals surface area (Å²) in [7, 11) is 0. The standard InChI is InChI=1S/C44H50N4O2/c1-3-17-47-19-15-43-35-9-5-7-11-37(35)45-26-34-32-24-40-44(16-20-48(40,18-4-2)28-30(32)14-22-50)36-10-6-8-12-38(36)46(42(34)44)25-33(41(43)45)31(23-39(43)47)29(27-47)13-21-49/h3-14,25-26,31-32,39-42,49-50H,1-2,15-24,27-28H2/q+2/b29-13?,30-14?,33-25+,34-26+/t31-,32-,39-,40-,41?,42?,43+,44+,47-,48-/m0/s1. The highest BCUT2D eigenvalue weighted by atomic mass is 16.3. The van der Waals surface area contributed by atoms with Gasteiger partial charge in [-0.1, -0.05) is 61.7 Å². The largest absolute Gasteiger partial charge is 0.392 e. The van der Waals surface area contributed by atoms with E-state index < -0.39 is 0 Å². The van der Waals surface area contributed by atoms with Gasteiger partial charge in [0.2, 0.25) is 0 Å². The fourth-order valence-electron chi connectivity index (χ4n) is 14.6. The van der Waals surface area contributed by atoms with Gasteiger partial charge in [-0.25, -0.2) is 0 Å². The van der Waals surface area contributed by atoms with Crippen molar-refractivity contribution >= 4 is 11.4 Å². The molecule has 2 aromatic carbocycles. The van der Waals surface area contributed by atoms with Crippen molar-refractivity contribution in [2.45, 2.75) is 60.7 Å². The Morgan fingerprint density at radius 1 is 0.680 bits per heavy atom. The number of quaternary nitrogens is 2. The van der Waals surface area contributed by atoms with Crippen LogP contribution in [0.4, 0.5) is 11.4 Å². The van der Waals surface area contributed by atoms with Crippen LogP contribution in [0.15, 0.2) is 121 Å². The fraction of sp³-hybridized carbons (Fsp3) is 0.455. The SMILES string of the molecule is C=CC[N@@+]12CC[C@]34c5ccccc5N5/C=C6/C7N(/C=C(/C53)[C@@H](C[C@@H]41)C(=CCO)C2)c1ccccc1[C@@]71CC[N@@+]2(CC=C)CC(=CCO)[C@@H]6C[C@@H]12. The van der Waals surface area contributed by atoms with E-state index in [-0.39, 0.29) is 36.1 Å². The molecule has 2 unspecified atom stereocenters. The summed E-state index contributed by atoms with van der Waals surface area (Å²) in [5.74, 6) is 0.615. The van der Waals surface area contributed by atoms with Crippen molar-refractivity contribution in [2.75, 3.05) is 62.3 Å². The summed E-state index contributed by atoms with van der Waals surface area (Å²) in [5, 5.41) is 20.9. The Labute approximate surface area is 296 Å². The Morgan fingerprint density at radius 3 is 1.54 bits per heavy atom. The van der Waals surface area contributed by atoms with E-state index in [1.54, 1.807) is 11.1 Å². The number of hydrogen-bond donors (Lipinski definition) is 2. The third kappa shape index (κ3) is 3.24. The number of aliphatic hydroxyl groups is 2. The molecule has 4 bridgehead atoms. The molecule has 2 spiro atoms. The van der Waals surface area contributed by atoms with Crippen molar-refractivity contribution in [1.82, 2.24) is 0 Å². The van der Waals surface area contributed by atoms with Crippen LogP contribution in [-0.2, 0) is 10.8 Å². The highest BCUT2D eigenvalue weighted by molar-refractivity contribution is 5.77. The number of piperidine rings is 2. The van der Waals surface area contributed by atoms with Gasteiger partial charge in [0.05, 0.1) is 62.3 Å². The number of rotatable bonds is 6. The number of fused-ring (bicyclic) bond motifs is 8. The fourth-order valence-corrected chi connectivity index (χ4v) is 14.6. The lowest BCUT2D eigenvalue weighted by atomic mass is 9.56. The van der Waals surface area contributed by atoms with E-state index in [1.165, 1.54) is 33.6 Å². The zero-order valence-electron chi connectivity index (χ0n) is 29.1. The highest BCUT2D eigenvalue weighted by Crippen LogP contribution is 2.69. The molecule has 0 radical (unpaired) electrons. The van der Waals surface area contributed by atoms with E-state index in [4.69, 9.17) is 0 Å². The van der Waals surface area contributed by atoms with Crippen LogP contribution in [0, 0.1) is 11.8 Å². The van der Waals surface area contributed by atoms with Crippen LogP contribution in [0.25, 0.3) is 0 Å². The Balaban J connectivity index is 1.22. The smallest absolute Gasteiger partial charge is 0.103 e. The molecule has 2 saturated carbocycles. The summed E-state index contributed by atoms with van der Waals surface area (Å²) in [5.41, 5.74) is 11.8. The molecular weight excluding hydrogens is 617 g/mol. The van der Waals surface area contributed by atoms with E-state index >= 15 is 0 Å². The summed E-state index contributed by atoms with van der Waals surface area (Å²) in [4.78, 5) is 5.54. The van der Waals surface area contributed by atoms with Gasteiger partial charge in [-0.05, 0) is 57.7 Å². The summed E-state index contributed by atoms with van der Waals surface area (Å²) < 4.78 is 2.12. The normalized spacial score (nSPS) is 45.5. The molecule has 2 aromatic rings. The lowest BCUT2D eigenvalue weighted by Gasteiger charge is -2.59.